The minimum atomic E-state index is 1.28. The molecule has 0 aromatic heterocycles. The molecule has 0 N–H and O–H groups in total. The van der Waals surface area contributed by atoms with Gasteiger partial charge in [0.15, 0.2) is 0 Å². The molecule has 0 aliphatic carbocycles. The van der Waals surface area contributed by atoms with E-state index in [0.29, 0.717) is 0 Å². The molecule has 0 unspecified atom stereocenters. The Kier molecular flexibility index (Phi) is 42.1. The molecule has 0 bridgehead atoms. The molecule has 0 aliphatic heterocycles. The standard InChI is InChI=1S/C55H104/c1-4-7-9-11-13-15-17-19-21-23-25-27-29-31-33-35-37-39-41-43-45-49-53-51-47-52-54(55(53)48-6-3)50-46-44-42-40-38-36-34-32-30-28-26-24-22-20-18-16-14-12-10-8-5-2/h47,51-52H,4-46,48-50H2,1-3H3. The fourth-order valence-corrected chi connectivity index (χ4v) is 9.22. The van der Waals surface area contributed by atoms with Crippen LogP contribution in [-0.4, -0.2) is 0 Å². The van der Waals surface area contributed by atoms with Gasteiger partial charge >= 0.3 is 0 Å². The van der Waals surface area contributed by atoms with Crippen molar-refractivity contribution in [2.24, 2.45) is 0 Å². The molecule has 0 saturated heterocycles. The van der Waals surface area contributed by atoms with Crippen LogP contribution in [0.2, 0.25) is 0 Å². The third-order valence-electron chi connectivity index (χ3n) is 13.0. The Bertz CT molecular complexity index is 787. The molecule has 0 aliphatic rings. The first-order valence-corrected chi connectivity index (χ1v) is 26.4. The van der Waals surface area contributed by atoms with Crippen LogP contribution in [0.15, 0.2) is 18.2 Å². The Balaban J connectivity index is 1.94. The fraction of sp³-hybridized carbons (Fsp3) is 0.891. The first kappa shape index (κ1) is 52.2. The fourth-order valence-electron chi connectivity index (χ4n) is 9.22. The van der Waals surface area contributed by atoms with Crippen LogP contribution >= 0.6 is 0 Å². The molecule has 1 aromatic rings. The van der Waals surface area contributed by atoms with Crippen molar-refractivity contribution in [1.82, 2.24) is 0 Å². The van der Waals surface area contributed by atoms with Crippen LogP contribution < -0.4 is 0 Å². The molecule has 1 aromatic carbocycles. The van der Waals surface area contributed by atoms with Gasteiger partial charge < -0.3 is 0 Å². The summed E-state index contributed by atoms with van der Waals surface area (Å²) in [5.74, 6) is 0. The molecule has 0 heterocycles. The normalized spacial score (nSPS) is 11.6. The first-order chi connectivity index (χ1) is 27.3. The highest BCUT2D eigenvalue weighted by Gasteiger charge is 2.08. The van der Waals surface area contributed by atoms with Crippen molar-refractivity contribution >= 4 is 0 Å². The van der Waals surface area contributed by atoms with Crippen molar-refractivity contribution in [3.05, 3.63) is 34.9 Å². The van der Waals surface area contributed by atoms with Gasteiger partial charge in [0.1, 0.15) is 0 Å². The second-order valence-electron chi connectivity index (χ2n) is 18.4. The number of unbranched alkanes of at least 4 members (excludes halogenated alkanes) is 40. The molecule has 0 heteroatoms. The summed E-state index contributed by atoms with van der Waals surface area (Å²) in [6, 6.07) is 7.30. The lowest BCUT2D eigenvalue weighted by molar-refractivity contribution is 0.520. The monoisotopic (exact) mass is 765 g/mol. The molecule has 0 nitrogen and oxygen atoms in total. The van der Waals surface area contributed by atoms with Gasteiger partial charge in [0, 0.05) is 0 Å². The highest BCUT2D eigenvalue weighted by Crippen LogP contribution is 2.23. The number of benzene rings is 1. The van der Waals surface area contributed by atoms with E-state index in [9.17, 15) is 0 Å². The van der Waals surface area contributed by atoms with E-state index in [2.05, 4.69) is 39.0 Å². The first-order valence-electron chi connectivity index (χ1n) is 26.4. The smallest absolute Gasteiger partial charge is 0.0276 e. The van der Waals surface area contributed by atoms with Crippen LogP contribution in [0, 0.1) is 0 Å². The zero-order valence-corrected chi connectivity index (χ0v) is 38.8. The Morgan fingerprint density at radius 1 is 0.218 bits per heavy atom. The predicted octanol–water partition coefficient (Wildman–Crippen LogP) is 20.1. The highest BCUT2D eigenvalue weighted by atomic mass is 14.1. The molecule has 0 amide bonds. The second-order valence-corrected chi connectivity index (χ2v) is 18.4. The molecule has 0 atom stereocenters. The summed E-state index contributed by atoms with van der Waals surface area (Å²) in [5.41, 5.74) is 5.09. The summed E-state index contributed by atoms with van der Waals surface area (Å²) in [6.45, 7) is 7.00. The molecular formula is C55H104. The predicted molar refractivity (Wildman–Crippen MR) is 253 cm³/mol. The molecular weight excluding hydrogens is 661 g/mol. The largest absolute Gasteiger partial charge is 0.0654 e. The van der Waals surface area contributed by atoms with E-state index in [4.69, 9.17) is 0 Å². The lowest BCUT2D eigenvalue weighted by atomic mass is 9.91. The zero-order valence-electron chi connectivity index (χ0n) is 38.8. The Morgan fingerprint density at radius 2 is 0.418 bits per heavy atom. The molecule has 0 spiro atoms. The Morgan fingerprint density at radius 3 is 0.618 bits per heavy atom. The third-order valence-corrected chi connectivity index (χ3v) is 13.0. The van der Waals surface area contributed by atoms with Gasteiger partial charge in [0.05, 0.1) is 0 Å². The van der Waals surface area contributed by atoms with Gasteiger partial charge in [-0.3, -0.25) is 0 Å². The van der Waals surface area contributed by atoms with Gasteiger partial charge in [0.25, 0.3) is 0 Å². The maximum absolute atomic E-state index is 2.46. The van der Waals surface area contributed by atoms with Crippen LogP contribution in [-0.2, 0) is 19.3 Å². The summed E-state index contributed by atoms with van der Waals surface area (Å²) in [6.07, 6.45) is 66.6. The number of rotatable bonds is 46. The van der Waals surface area contributed by atoms with Gasteiger partial charge in [-0.25, -0.2) is 0 Å². The number of aryl methyl sites for hydroxylation is 2. The van der Waals surface area contributed by atoms with Crippen LogP contribution in [0.3, 0.4) is 0 Å². The zero-order chi connectivity index (χ0) is 39.4. The van der Waals surface area contributed by atoms with E-state index in [1.54, 1.807) is 16.7 Å². The molecule has 0 radical (unpaired) electrons. The van der Waals surface area contributed by atoms with Gasteiger partial charge in [-0.1, -0.05) is 302 Å². The molecule has 324 valence electrons. The van der Waals surface area contributed by atoms with E-state index in [1.165, 1.54) is 295 Å². The lowest BCUT2D eigenvalue weighted by Crippen LogP contribution is -2.01. The summed E-state index contributed by atoms with van der Waals surface area (Å²) in [7, 11) is 0. The van der Waals surface area contributed by atoms with E-state index in [0.717, 1.165) is 0 Å². The van der Waals surface area contributed by atoms with E-state index < -0.39 is 0 Å². The van der Waals surface area contributed by atoms with Crippen LogP contribution in [0.1, 0.15) is 314 Å². The van der Waals surface area contributed by atoms with Gasteiger partial charge in [-0.15, -0.1) is 0 Å². The van der Waals surface area contributed by atoms with Crippen molar-refractivity contribution in [2.45, 2.75) is 316 Å². The summed E-state index contributed by atoms with van der Waals surface area (Å²) >= 11 is 0. The van der Waals surface area contributed by atoms with Crippen molar-refractivity contribution in [3.63, 3.8) is 0 Å². The van der Waals surface area contributed by atoms with Crippen LogP contribution in [0.5, 0.6) is 0 Å². The third kappa shape index (κ3) is 36.1. The van der Waals surface area contributed by atoms with E-state index >= 15 is 0 Å². The average Bonchev–Trinajstić information content (AvgIpc) is 3.20. The minimum absolute atomic E-state index is 1.28. The van der Waals surface area contributed by atoms with Crippen molar-refractivity contribution in [3.8, 4) is 0 Å². The van der Waals surface area contributed by atoms with E-state index in [-0.39, 0.29) is 0 Å². The quantitative estimate of drug-likeness (QED) is 0.0580. The van der Waals surface area contributed by atoms with Crippen LogP contribution in [0.25, 0.3) is 0 Å². The highest BCUT2D eigenvalue weighted by molar-refractivity contribution is 5.36. The van der Waals surface area contributed by atoms with Crippen molar-refractivity contribution in [1.29, 1.82) is 0 Å². The maximum Gasteiger partial charge on any atom is -0.0276 e. The van der Waals surface area contributed by atoms with Crippen LogP contribution in [0.4, 0.5) is 0 Å². The summed E-state index contributed by atoms with van der Waals surface area (Å²) < 4.78 is 0. The summed E-state index contributed by atoms with van der Waals surface area (Å²) in [4.78, 5) is 0. The Labute approximate surface area is 349 Å². The average molecular weight is 765 g/mol. The van der Waals surface area contributed by atoms with Crippen molar-refractivity contribution < 1.29 is 0 Å². The second kappa shape index (κ2) is 44.3. The molecule has 55 heavy (non-hydrogen) atoms. The Hall–Kier alpha value is -0.780. The molecule has 0 saturated carbocycles. The topological polar surface area (TPSA) is 0 Å². The lowest BCUT2D eigenvalue weighted by Gasteiger charge is -2.15. The van der Waals surface area contributed by atoms with E-state index in [1.807, 2.05) is 0 Å². The number of hydrogen-bond acceptors (Lipinski definition) is 0. The van der Waals surface area contributed by atoms with Gasteiger partial charge in [-0.2, -0.15) is 0 Å². The summed E-state index contributed by atoms with van der Waals surface area (Å²) in [5, 5.41) is 0. The van der Waals surface area contributed by atoms with Crippen molar-refractivity contribution in [2.75, 3.05) is 0 Å². The molecule has 1 rings (SSSR count). The number of hydrogen-bond donors (Lipinski definition) is 0. The van der Waals surface area contributed by atoms with Gasteiger partial charge in [0.2, 0.25) is 0 Å². The SMILES string of the molecule is CCCCCCCCCCCCCCCCCCCCCCCc1cccc(CCCCCCCCCCCCCCCCCCCCCCC)c1CCC. The molecule has 0 fully saturated rings. The van der Waals surface area contributed by atoms with Gasteiger partial charge in [-0.05, 0) is 48.8 Å². The minimum Gasteiger partial charge on any atom is -0.0654 e. The maximum atomic E-state index is 2.46.